The smallest absolute Gasteiger partial charge is 0.292 e. The number of aromatic nitrogens is 1. The maximum Gasteiger partial charge on any atom is 0.292 e. The molecule has 1 aliphatic heterocycles. The first-order chi connectivity index (χ1) is 14.1. The summed E-state index contributed by atoms with van der Waals surface area (Å²) in [7, 11) is 0. The largest absolute Gasteiger partial charge is 0.344 e. The van der Waals surface area contributed by atoms with Gasteiger partial charge in [0, 0.05) is 35.6 Å². The second kappa shape index (κ2) is 7.00. The molecule has 1 aliphatic carbocycles. The van der Waals surface area contributed by atoms with Crippen molar-refractivity contribution >= 4 is 23.3 Å². The van der Waals surface area contributed by atoms with Crippen molar-refractivity contribution in [3.05, 3.63) is 52.1 Å². The fraction of sp³-hybridized carbons (Fsp3) is 0.381. The average Bonchev–Trinajstić information content (AvgIpc) is 3.09. The Morgan fingerprint density at radius 1 is 1.10 bits per heavy atom. The minimum atomic E-state index is -1.63. The van der Waals surface area contributed by atoms with E-state index in [9.17, 15) is 27.6 Å². The molecule has 2 N–H and O–H groups in total. The third kappa shape index (κ3) is 3.38. The van der Waals surface area contributed by atoms with Gasteiger partial charge in [-0.05, 0) is 45.1 Å². The number of nitrogens with zero attached hydrogens (tertiary/aromatic N) is 1. The molecule has 0 unspecified atom stereocenters. The number of carbonyl (C=O) groups excluding carboxylic acids is 3. The number of rotatable bonds is 5. The average molecular weight is 419 g/mol. The van der Waals surface area contributed by atoms with Gasteiger partial charge in [-0.25, -0.2) is 13.2 Å². The van der Waals surface area contributed by atoms with E-state index in [0.29, 0.717) is 42.8 Å². The molecular formula is C21H20F3N3O3. The van der Waals surface area contributed by atoms with E-state index in [1.165, 1.54) is 0 Å². The minimum absolute atomic E-state index is 0.140. The zero-order valence-electron chi connectivity index (χ0n) is 16.5. The summed E-state index contributed by atoms with van der Waals surface area (Å²) in [5.41, 5.74) is 0.635. The number of anilines is 1. The zero-order valence-corrected chi connectivity index (χ0v) is 16.5. The molecule has 6 nitrogen and oxygen atoms in total. The number of hydrogen-bond donors (Lipinski definition) is 2. The maximum absolute atomic E-state index is 13.5. The predicted molar refractivity (Wildman–Crippen MR) is 102 cm³/mol. The van der Waals surface area contributed by atoms with E-state index in [4.69, 9.17) is 0 Å². The Labute approximate surface area is 170 Å². The first-order valence-corrected chi connectivity index (χ1v) is 9.66. The minimum Gasteiger partial charge on any atom is -0.344 e. The van der Waals surface area contributed by atoms with Crippen LogP contribution in [0.5, 0.6) is 0 Å². The molecular weight excluding hydrogens is 399 g/mol. The Balaban J connectivity index is 1.66. The van der Waals surface area contributed by atoms with Crippen molar-refractivity contribution in [2.45, 2.75) is 51.6 Å². The van der Waals surface area contributed by atoms with Crippen LogP contribution in [0.2, 0.25) is 0 Å². The molecule has 2 heterocycles. The molecule has 1 aromatic heterocycles. The van der Waals surface area contributed by atoms with Gasteiger partial charge in [0.05, 0.1) is 5.56 Å². The highest BCUT2D eigenvalue weighted by molar-refractivity contribution is 6.44. The van der Waals surface area contributed by atoms with Crippen LogP contribution in [0.1, 0.15) is 58.3 Å². The fourth-order valence-corrected chi connectivity index (χ4v) is 3.89. The number of Topliss-reactive ketones (excluding diaryl/α,β-unsaturated/α-hetero) is 1. The van der Waals surface area contributed by atoms with E-state index in [2.05, 4.69) is 10.6 Å². The molecule has 158 valence electrons. The second-order valence-corrected chi connectivity index (χ2v) is 8.10. The van der Waals surface area contributed by atoms with Gasteiger partial charge in [-0.1, -0.05) is 0 Å². The predicted octanol–water partition coefficient (Wildman–Crippen LogP) is 3.26. The van der Waals surface area contributed by atoms with Gasteiger partial charge in [0.25, 0.3) is 17.6 Å². The Hall–Kier alpha value is -3.10. The summed E-state index contributed by atoms with van der Waals surface area (Å²) in [6, 6.07) is 1.35. The van der Waals surface area contributed by atoms with E-state index < -0.39 is 35.0 Å². The van der Waals surface area contributed by atoms with Crippen LogP contribution in [-0.2, 0) is 17.8 Å². The van der Waals surface area contributed by atoms with E-state index >= 15 is 0 Å². The van der Waals surface area contributed by atoms with Gasteiger partial charge in [-0.15, -0.1) is 0 Å². The maximum atomic E-state index is 13.5. The molecule has 1 aromatic carbocycles. The van der Waals surface area contributed by atoms with Crippen molar-refractivity contribution in [1.29, 1.82) is 0 Å². The lowest BCUT2D eigenvalue weighted by atomic mass is 10.0. The number of carbonyl (C=O) groups is 3. The van der Waals surface area contributed by atoms with Gasteiger partial charge >= 0.3 is 0 Å². The lowest BCUT2D eigenvalue weighted by molar-refractivity contribution is -0.117. The molecule has 1 fully saturated rings. The highest BCUT2D eigenvalue weighted by Crippen LogP contribution is 2.35. The van der Waals surface area contributed by atoms with Crippen molar-refractivity contribution < 1.29 is 27.6 Å². The fourth-order valence-electron chi connectivity index (χ4n) is 3.89. The summed E-state index contributed by atoms with van der Waals surface area (Å²) in [5.74, 6) is -6.60. The molecule has 30 heavy (non-hydrogen) atoms. The molecule has 0 bridgehead atoms. The standard InChI is InChI=1S/C21H20F3N3O3/c1-10-15(18(28)20(30)26-21(2)5-6-21)14-4-3-7-27(14)17(10)19(29)25-11-8-12(22)16(24)13(23)9-11/h8-9H,3-7H2,1-2H3,(H,25,29)(H,26,30). The zero-order chi connectivity index (χ0) is 21.8. The van der Waals surface area contributed by atoms with Crippen LogP contribution in [0.4, 0.5) is 18.9 Å². The van der Waals surface area contributed by atoms with Crippen LogP contribution in [0.25, 0.3) is 0 Å². The molecule has 4 rings (SSSR count). The van der Waals surface area contributed by atoms with E-state index in [-0.39, 0.29) is 22.5 Å². The number of amides is 2. The number of fused-ring (bicyclic) bond motifs is 1. The van der Waals surface area contributed by atoms with Crippen LogP contribution in [-0.4, -0.2) is 27.7 Å². The summed E-state index contributed by atoms with van der Waals surface area (Å²) in [4.78, 5) is 38.2. The van der Waals surface area contributed by atoms with Gasteiger partial charge in [-0.2, -0.15) is 0 Å². The van der Waals surface area contributed by atoms with E-state index in [0.717, 1.165) is 12.8 Å². The van der Waals surface area contributed by atoms with E-state index in [1.807, 2.05) is 6.92 Å². The lowest BCUT2D eigenvalue weighted by Crippen LogP contribution is -2.39. The van der Waals surface area contributed by atoms with Crippen molar-refractivity contribution in [2.75, 3.05) is 5.32 Å². The van der Waals surface area contributed by atoms with Crippen LogP contribution in [0, 0.1) is 24.4 Å². The molecule has 0 saturated heterocycles. The number of nitrogens with one attached hydrogen (secondary N) is 2. The van der Waals surface area contributed by atoms with Crippen LogP contribution >= 0.6 is 0 Å². The van der Waals surface area contributed by atoms with Gasteiger partial charge in [0.15, 0.2) is 17.5 Å². The van der Waals surface area contributed by atoms with Crippen LogP contribution in [0.3, 0.4) is 0 Å². The third-order valence-electron chi connectivity index (χ3n) is 5.72. The summed E-state index contributed by atoms with van der Waals surface area (Å²) in [6.07, 6.45) is 2.82. The second-order valence-electron chi connectivity index (χ2n) is 8.10. The molecule has 2 amide bonds. The number of halogens is 3. The van der Waals surface area contributed by atoms with Gasteiger partial charge in [0.1, 0.15) is 5.69 Å². The van der Waals surface area contributed by atoms with Crippen molar-refractivity contribution in [1.82, 2.24) is 9.88 Å². The van der Waals surface area contributed by atoms with Gasteiger partial charge in [0.2, 0.25) is 0 Å². The van der Waals surface area contributed by atoms with Crippen molar-refractivity contribution in [3.63, 3.8) is 0 Å². The summed E-state index contributed by atoms with van der Waals surface area (Å²) >= 11 is 0. The van der Waals surface area contributed by atoms with Crippen molar-refractivity contribution in [3.8, 4) is 0 Å². The van der Waals surface area contributed by atoms with Crippen LogP contribution in [0.15, 0.2) is 12.1 Å². The third-order valence-corrected chi connectivity index (χ3v) is 5.72. The molecule has 0 radical (unpaired) electrons. The Kier molecular flexibility index (Phi) is 4.71. The van der Waals surface area contributed by atoms with E-state index in [1.54, 1.807) is 11.5 Å². The Morgan fingerprint density at radius 2 is 1.73 bits per heavy atom. The summed E-state index contributed by atoms with van der Waals surface area (Å²) in [6.45, 7) is 3.89. The highest BCUT2D eigenvalue weighted by Gasteiger charge is 2.41. The van der Waals surface area contributed by atoms with Gasteiger partial charge in [-0.3, -0.25) is 14.4 Å². The first kappa shape index (κ1) is 20.2. The topological polar surface area (TPSA) is 80.2 Å². The Bertz CT molecular complexity index is 1080. The van der Waals surface area contributed by atoms with Gasteiger partial charge < -0.3 is 15.2 Å². The molecule has 0 spiro atoms. The summed E-state index contributed by atoms with van der Waals surface area (Å²) < 4.78 is 41.8. The lowest BCUT2D eigenvalue weighted by Gasteiger charge is -2.11. The van der Waals surface area contributed by atoms with Crippen LogP contribution < -0.4 is 10.6 Å². The molecule has 0 atom stereocenters. The molecule has 2 aliphatic rings. The highest BCUT2D eigenvalue weighted by atomic mass is 19.2. The first-order valence-electron chi connectivity index (χ1n) is 9.66. The summed E-state index contributed by atoms with van der Waals surface area (Å²) in [5, 5.41) is 5.07. The Morgan fingerprint density at radius 3 is 2.33 bits per heavy atom. The quantitative estimate of drug-likeness (QED) is 0.444. The normalized spacial score (nSPS) is 16.2. The monoisotopic (exact) mass is 419 g/mol. The number of hydrogen-bond acceptors (Lipinski definition) is 3. The molecule has 1 saturated carbocycles. The molecule has 2 aromatic rings. The number of benzene rings is 1. The molecule has 9 heteroatoms. The van der Waals surface area contributed by atoms with Crippen molar-refractivity contribution in [2.24, 2.45) is 0 Å². The number of ketones is 1. The SMILES string of the molecule is Cc1c(C(=O)C(=O)NC2(C)CC2)c2n(c1C(=O)Nc1cc(F)c(F)c(F)c1)CCC2.